The molecule has 0 spiro atoms. The Morgan fingerprint density at radius 3 is 2.21 bits per heavy atom. The number of carboxylic acids is 1. The summed E-state index contributed by atoms with van der Waals surface area (Å²) in [4.78, 5) is 10.8. The molecule has 106 valence electrons. The Hall–Kier alpha value is -0.920. The fourth-order valence-corrected chi connectivity index (χ4v) is 4.97. The summed E-state index contributed by atoms with van der Waals surface area (Å²) in [6.07, 6.45) is 0. The number of hydrogen-bond acceptors (Lipinski definition) is 4. The van der Waals surface area contributed by atoms with E-state index < -0.39 is 16.0 Å². The van der Waals surface area contributed by atoms with E-state index in [4.69, 9.17) is 5.11 Å². The molecule has 0 saturated heterocycles. The number of thiophene rings is 1. The van der Waals surface area contributed by atoms with Gasteiger partial charge in [0.1, 0.15) is 4.21 Å². The van der Waals surface area contributed by atoms with Gasteiger partial charge >= 0.3 is 5.97 Å². The monoisotopic (exact) mass is 303 g/mol. The Morgan fingerprint density at radius 1 is 1.32 bits per heavy atom. The third kappa shape index (κ3) is 2.19. The van der Waals surface area contributed by atoms with Gasteiger partial charge in [0.05, 0.1) is 5.56 Å². The quantitative estimate of drug-likeness (QED) is 0.893. The molecule has 0 unspecified atom stereocenters. The zero-order chi connectivity index (χ0) is 14.6. The van der Waals surface area contributed by atoms with E-state index >= 15 is 0 Å². The highest BCUT2D eigenvalue weighted by molar-refractivity contribution is 7.91. The molecule has 19 heavy (non-hydrogen) atoms. The molecule has 2 rings (SSSR count). The van der Waals surface area contributed by atoms with E-state index in [0.29, 0.717) is 0 Å². The number of carboxylic acid groups (broad SMARTS) is 1. The molecule has 0 amide bonds. The predicted octanol–water partition coefficient (Wildman–Crippen LogP) is 2.16. The molecular formula is C12H17NO4S2. The molecule has 1 aromatic heterocycles. The van der Waals surface area contributed by atoms with Gasteiger partial charge in [-0.3, -0.25) is 0 Å². The van der Waals surface area contributed by atoms with Crippen LogP contribution in [0.5, 0.6) is 0 Å². The number of carbonyl (C=O) groups is 1. The van der Waals surface area contributed by atoms with Crippen LogP contribution in [0.25, 0.3) is 0 Å². The number of aromatic carboxylic acids is 1. The SMILES string of the molecule is CC1(C)C(NS(=O)(=O)c2cc(C(=O)O)cs2)C1(C)C. The number of sulfonamides is 1. The second kappa shape index (κ2) is 4.04. The van der Waals surface area contributed by atoms with Crippen molar-refractivity contribution in [2.75, 3.05) is 0 Å². The fraction of sp³-hybridized carbons (Fsp3) is 0.583. The predicted molar refractivity (Wildman–Crippen MR) is 72.9 cm³/mol. The van der Waals surface area contributed by atoms with Gasteiger partial charge in [-0.15, -0.1) is 11.3 Å². The lowest BCUT2D eigenvalue weighted by Crippen LogP contribution is -2.29. The van der Waals surface area contributed by atoms with Crippen molar-refractivity contribution >= 4 is 27.3 Å². The number of nitrogens with one attached hydrogen (secondary N) is 1. The zero-order valence-electron chi connectivity index (χ0n) is 11.2. The van der Waals surface area contributed by atoms with Crippen molar-refractivity contribution in [1.29, 1.82) is 0 Å². The minimum atomic E-state index is -3.65. The van der Waals surface area contributed by atoms with Crippen LogP contribution in [0.2, 0.25) is 0 Å². The van der Waals surface area contributed by atoms with Crippen LogP contribution < -0.4 is 4.72 Å². The average Bonchev–Trinajstić information content (AvgIpc) is 2.71. The Bertz CT molecular complexity index is 614. The van der Waals surface area contributed by atoms with Gasteiger partial charge in [0.15, 0.2) is 0 Å². The van der Waals surface area contributed by atoms with E-state index in [0.717, 1.165) is 11.3 Å². The van der Waals surface area contributed by atoms with Gasteiger partial charge in [-0.05, 0) is 16.9 Å². The molecule has 1 heterocycles. The maximum absolute atomic E-state index is 12.2. The van der Waals surface area contributed by atoms with E-state index in [1.54, 1.807) is 0 Å². The lowest BCUT2D eigenvalue weighted by Gasteiger charge is -2.05. The van der Waals surface area contributed by atoms with Crippen molar-refractivity contribution in [1.82, 2.24) is 4.72 Å². The molecule has 1 aliphatic rings. The van der Waals surface area contributed by atoms with Gasteiger partial charge in [0.2, 0.25) is 10.0 Å². The van der Waals surface area contributed by atoms with E-state index in [1.165, 1.54) is 11.4 Å². The first-order chi connectivity index (χ1) is 8.50. The highest BCUT2D eigenvalue weighted by Crippen LogP contribution is 2.63. The molecule has 5 nitrogen and oxygen atoms in total. The maximum Gasteiger partial charge on any atom is 0.336 e. The van der Waals surface area contributed by atoms with Crippen LogP contribution in [0.15, 0.2) is 15.7 Å². The molecule has 0 aromatic carbocycles. The average molecular weight is 303 g/mol. The molecule has 7 heteroatoms. The molecule has 1 aliphatic carbocycles. The van der Waals surface area contributed by atoms with Crippen LogP contribution in [0.4, 0.5) is 0 Å². The first kappa shape index (κ1) is 14.5. The first-order valence-corrected chi connectivity index (χ1v) is 8.20. The van der Waals surface area contributed by atoms with Crippen LogP contribution in [0.1, 0.15) is 38.1 Å². The van der Waals surface area contributed by atoms with E-state index in [2.05, 4.69) is 4.72 Å². The minimum Gasteiger partial charge on any atom is -0.478 e. The second-order valence-corrected chi connectivity index (χ2v) is 8.81. The Morgan fingerprint density at radius 2 is 1.84 bits per heavy atom. The van der Waals surface area contributed by atoms with Crippen molar-refractivity contribution in [2.24, 2.45) is 10.8 Å². The summed E-state index contributed by atoms with van der Waals surface area (Å²) < 4.78 is 27.1. The topological polar surface area (TPSA) is 83.5 Å². The molecule has 1 aromatic rings. The van der Waals surface area contributed by atoms with Gasteiger partial charge in [-0.1, -0.05) is 27.7 Å². The number of hydrogen-bond donors (Lipinski definition) is 2. The lowest BCUT2D eigenvalue weighted by molar-refractivity contribution is 0.0697. The largest absolute Gasteiger partial charge is 0.478 e. The molecule has 0 atom stereocenters. The van der Waals surface area contributed by atoms with Gasteiger partial charge in [0.25, 0.3) is 0 Å². The second-order valence-electron chi connectivity index (χ2n) is 5.96. The van der Waals surface area contributed by atoms with Gasteiger partial charge in [-0.25, -0.2) is 17.9 Å². The summed E-state index contributed by atoms with van der Waals surface area (Å²) in [5, 5.41) is 10.1. The maximum atomic E-state index is 12.2. The van der Waals surface area contributed by atoms with E-state index in [9.17, 15) is 13.2 Å². The smallest absolute Gasteiger partial charge is 0.336 e. The van der Waals surface area contributed by atoms with Crippen molar-refractivity contribution in [3.8, 4) is 0 Å². The summed E-state index contributed by atoms with van der Waals surface area (Å²) in [5.74, 6) is -1.12. The molecule has 0 radical (unpaired) electrons. The van der Waals surface area contributed by atoms with E-state index in [1.807, 2.05) is 27.7 Å². The van der Waals surface area contributed by atoms with E-state index in [-0.39, 0.29) is 26.6 Å². The Labute approximate surface area is 116 Å². The summed E-state index contributed by atoms with van der Waals surface area (Å²) in [6, 6.07) is 1.05. The van der Waals surface area contributed by atoms with Gasteiger partial charge in [0, 0.05) is 11.4 Å². The van der Waals surface area contributed by atoms with Crippen LogP contribution in [-0.2, 0) is 10.0 Å². The Balaban J connectivity index is 2.23. The normalized spacial score (nSPS) is 21.3. The molecule has 1 saturated carbocycles. The summed E-state index contributed by atoms with van der Waals surface area (Å²) >= 11 is 0.924. The van der Waals surface area contributed by atoms with Crippen LogP contribution in [0, 0.1) is 10.8 Å². The minimum absolute atomic E-state index is 0.000285. The highest BCUT2D eigenvalue weighted by Gasteiger charge is 2.66. The highest BCUT2D eigenvalue weighted by atomic mass is 32.2. The number of rotatable bonds is 4. The van der Waals surface area contributed by atoms with Gasteiger partial charge < -0.3 is 5.11 Å². The van der Waals surface area contributed by atoms with Crippen molar-refractivity contribution < 1.29 is 18.3 Å². The van der Waals surface area contributed by atoms with Gasteiger partial charge in [-0.2, -0.15) is 0 Å². The first-order valence-electron chi connectivity index (χ1n) is 5.84. The van der Waals surface area contributed by atoms with Crippen molar-refractivity contribution in [3.63, 3.8) is 0 Å². The lowest BCUT2D eigenvalue weighted by atomic mass is 10.0. The van der Waals surface area contributed by atoms with Crippen molar-refractivity contribution in [2.45, 2.75) is 37.9 Å². The molecule has 1 fully saturated rings. The standard InChI is InChI=1S/C12H17NO4S2/c1-11(2)10(12(11,3)4)13-19(16,17)8-5-7(6-18-8)9(14)15/h5-6,10,13H,1-4H3,(H,14,15). The van der Waals surface area contributed by atoms with Crippen LogP contribution in [0.3, 0.4) is 0 Å². The molecule has 0 aliphatic heterocycles. The summed E-state index contributed by atoms with van der Waals surface area (Å²) in [5.41, 5.74) is -0.209. The fourth-order valence-electron chi connectivity index (χ4n) is 2.27. The molecule has 0 bridgehead atoms. The zero-order valence-corrected chi connectivity index (χ0v) is 12.9. The third-order valence-electron chi connectivity index (χ3n) is 4.38. The molecule has 2 N–H and O–H groups in total. The third-order valence-corrected chi connectivity index (χ3v) is 7.24. The Kier molecular flexibility index (Phi) is 3.08. The summed E-state index contributed by atoms with van der Waals surface area (Å²) in [6.45, 7) is 8.04. The van der Waals surface area contributed by atoms with Crippen LogP contribution in [-0.4, -0.2) is 25.5 Å². The summed E-state index contributed by atoms with van der Waals surface area (Å²) in [7, 11) is -3.65. The molecular weight excluding hydrogens is 286 g/mol. The van der Waals surface area contributed by atoms with Crippen LogP contribution >= 0.6 is 11.3 Å². The van der Waals surface area contributed by atoms with Crippen molar-refractivity contribution in [3.05, 3.63) is 17.0 Å².